The third kappa shape index (κ3) is 6.52. The third-order valence-corrected chi connectivity index (χ3v) is 8.40. The molecule has 0 aromatic carbocycles. The molecule has 0 amide bonds. The number of hydrogen-bond acceptors (Lipinski definition) is 8. The van der Waals surface area contributed by atoms with Crippen molar-refractivity contribution in [3.8, 4) is 0 Å². The molecular formula is C29H44O8. The highest BCUT2D eigenvalue weighted by atomic mass is 16.6. The van der Waals surface area contributed by atoms with Crippen LogP contribution in [0.2, 0.25) is 0 Å². The second-order valence-corrected chi connectivity index (χ2v) is 11.4. The molecule has 1 fully saturated rings. The van der Waals surface area contributed by atoms with Gasteiger partial charge < -0.3 is 24.4 Å². The minimum Gasteiger partial charge on any atom is -0.465 e. The molecule has 8 nitrogen and oxygen atoms in total. The average Bonchev–Trinajstić information content (AvgIpc) is 2.81. The van der Waals surface area contributed by atoms with Gasteiger partial charge in [-0.15, -0.1) is 6.58 Å². The zero-order valence-electron chi connectivity index (χ0n) is 23.6. The van der Waals surface area contributed by atoms with Crippen molar-refractivity contribution in [3.05, 3.63) is 35.5 Å². The minimum absolute atomic E-state index is 0.00942. The maximum absolute atomic E-state index is 12.9. The van der Waals surface area contributed by atoms with Crippen molar-refractivity contribution in [2.45, 2.75) is 105 Å². The van der Waals surface area contributed by atoms with E-state index in [9.17, 15) is 24.6 Å². The van der Waals surface area contributed by atoms with Gasteiger partial charge in [-0.25, -0.2) is 4.79 Å². The van der Waals surface area contributed by atoms with E-state index in [1.165, 1.54) is 19.9 Å². The van der Waals surface area contributed by atoms with Crippen LogP contribution in [0.5, 0.6) is 0 Å². The molecule has 2 rings (SSSR count). The summed E-state index contributed by atoms with van der Waals surface area (Å²) in [6.07, 6.45) is 2.08. The summed E-state index contributed by atoms with van der Waals surface area (Å²) in [7, 11) is 0. The molecule has 0 unspecified atom stereocenters. The highest BCUT2D eigenvalue weighted by Gasteiger charge is 2.63. The topological polar surface area (TPSA) is 119 Å². The Hall–Kier alpha value is -2.45. The number of aliphatic hydroxyl groups excluding tert-OH is 1. The van der Waals surface area contributed by atoms with Crippen molar-refractivity contribution in [1.82, 2.24) is 0 Å². The zero-order valence-corrected chi connectivity index (χ0v) is 23.6. The normalized spacial score (nSPS) is 31.0. The number of rotatable bonds is 9. The maximum atomic E-state index is 12.9. The van der Waals surface area contributed by atoms with Gasteiger partial charge in [-0.1, -0.05) is 31.6 Å². The number of carbonyl (C=O) groups excluding carboxylic acids is 3. The van der Waals surface area contributed by atoms with Gasteiger partial charge in [0.25, 0.3) is 0 Å². The quantitative estimate of drug-likeness (QED) is 0.201. The molecule has 2 N–H and O–H groups in total. The molecule has 0 aliphatic heterocycles. The van der Waals surface area contributed by atoms with Crippen LogP contribution in [0.4, 0.5) is 0 Å². The first-order valence-corrected chi connectivity index (χ1v) is 12.9. The Labute approximate surface area is 220 Å². The highest BCUT2D eigenvalue weighted by Crippen LogP contribution is 2.62. The Morgan fingerprint density at radius 3 is 2.30 bits per heavy atom. The summed E-state index contributed by atoms with van der Waals surface area (Å²) in [5.41, 5.74) is -0.706. The smallest absolute Gasteiger partial charge is 0.333 e. The van der Waals surface area contributed by atoms with Crippen molar-refractivity contribution in [2.75, 3.05) is 6.61 Å². The van der Waals surface area contributed by atoms with Gasteiger partial charge in [-0.05, 0) is 58.4 Å². The second-order valence-electron chi connectivity index (χ2n) is 11.4. The van der Waals surface area contributed by atoms with Gasteiger partial charge in [0.1, 0.15) is 18.8 Å². The molecule has 37 heavy (non-hydrogen) atoms. The van der Waals surface area contributed by atoms with Crippen LogP contribution in [-0.2, 0) is 28.6 Å². The van der Waals surface area contributed by atoms with E-state index in [1.54, 1.807) is 26.8 Å². The zero-order chi connectivity index (χ0) is 28.3. The van der Waals surface area contributed by atoms with Crippen LogP contribution in [0.3, 0.4) is 0 Å². The molecular weight excluding hydrogens is 476 g/mol. The summed E-state index contributed by atoms with van der Waals surface area (Å²) in [5, 5.41) is 21.8. The van der Waals surface area contributed by atoms with Crippen molar-refractivity contribution < 1.29 is 38.8 Å². The van der Waals surface area contributed by atoms with Crippen LogP contribution in [0.1, 0.15) is 81.1 Å². The Kier molecular flexibility index (Phi) is 9.58. The van der Waals surface area contributed by atoms with Gasteiger partial charge in [0.2, 0.25) is 0 Å². The lowest BCUT2D eigenvalue weighted by atomic mass is 9.47. The van der Waals surface area contributed by atoms with Crippen LogP contribution in [0, 0.1) is 16.7 Å². The molecule has 2 aliphatic carbocycles. The van der Waals surface area contributed by atoms with E-state index in [0.29, 0.717) is 24.8 Å². The molecule has 6 atom stereocenters. The Bertz CT molecular complexity index is 972. The molecule has 0 aromatic rings. The first-order valence-electron chi connectivity index (χ1n) is 12.9. The Morgan fingerprint density at radius 1 is 1.16 bits per heavy atom. The number of ether oxygens (including phenoxy) is 3. The standard InChI is InChI=1S/C29H44O8/c1-10-17(3)26(33)37-23-15-29(16-35-19(5)30)21(12-13-28(9,34)11-2)18(4)22(32)14-24(29)27(7,8)25(23)36-20(6)31/h10-11,22-25,32,34H,2,12-16H2,1,3-9H3/b17-10-/t22-,23-,24+,25-,28+,29+/m1/s1. The van der Waals surface area contributed by atoms with E-state index in [4.69, 9.17) is 14.2 Å². The Morgan fingerprint density at radius 2 is 1.78 bits per heavy atom. The number of fused-ring (bicyclic) bond motifs is 1. The second kappa shape index (κ2) is 11.5. The predicted octanol–water partition coefficient (Wildman–Crippen LogP) is 4.19. The molecule has 0 aromatic heterocycles. The fourth-order valence-corrected chi connectivity index (χ4v) is 6.12. The molecule has 1 saturated carbocycles. The van der Waals surface area contributed by atoms with E-state index in [2.05, 4.69) is 6.58 Å². The van der Waals surface area contributed by atoms with Gasteiger partial charge in [0.15, 0.2) is 0 Å². The lowest BCUT2D eigenvalue weighted by Gasteiger charge is -2.60. The summed E-state index contributed by atoms with van der Waals surface area (Å²) in [6.45, 7) is 17.2. The van der Waals surface area contributed by atoms with Crippen LogP contribution in [0.15, 0.2) is 35.5 Å². The lowest BCUT2D eigenvalue weighted by Crippen LogP contribution is -2.63. The first kappa shape index (κ1) is 30.8. The van der Waals surface area contributed by atoms with Gasteiger partial charge in [-0.2, -0.15) is 0 Å². The van der Waals surface area contributed by atoms with Crippen LogP contribution < -0.4 is 0 Å². The molecule has 0 spiro atoms. The molecule has 208 valence electrons. The maximum Gasteiger partial charge on any atom is 0.333 e. The van der Waals surface area contributed by atoms with Gasteiger partial charge in [0.05, 0.1) is 11.7 Å². The number of aliphatic hydroxyl groups is 2. The SMILES string of the molecule is C=C[C@](C)(O)CCC1=C(C)[C@H](O)C[C@H]2C(C)(C)[C@H](OC(C)=O)[C@H](OC(=O)/C(C)=C\C)C[C@]12COC(C)=O. The van der Waals surface area contributed by atoms with Crippen LogP contribution in [0.25, 0.3) is 0 Å². The van der Waals surface area contributed by atoms with Crippen molar-refractivity contribution in [1.29, 1.82) is 0 Å². The lowest BCUT2D eigenvalue weighted by molar-refractivity contribution is -0.213. The first-order chi connectivity index (χ1) is 17.0. The summed E-state index contributed by atoms with van der Waals surface area (Å²) in [6, 6.07) is 0. The fourth-order valence-electron chi connectivity index (χ4n) is 6.12. The monoisotopic (exact) mass is 520 g/mol. The van der Waals surface area contributed by atoms with Crippen LogP contribution >= 0.6 is 0 Å². The molecule has 2 aliphatic rings. The number of esters is 3. The largest absolute Gasteiger partial charge is 0.465 e. The highest BCUT2D eigenvalue weighted by molar-refractivity contribution is 5.87. The number of hydrogen-bond donors (Lipinski definition) is 2. The average molecular weight is 521 g/mol. The Balaban J connectivity index is 2.74. The predicted molar refractivity (Wildman–Crippen MR) is 139 cm³/mol. The van der Waals surface area contributed by atoms with Crippen molar-refractivity contribution in [3.63, 3.8) is 0 Å². The fraction of sp³-hybridized carbons (Fsp3) is 0.690. The summed E-state index contributed by atoms with van der Waals surface area (Å²) < 4.78 is 17.4. The van der Waals surface area contributed by atoms with Crippen molar-refractivity contribution >= 4 is 17.9 Å². The van der Waals surface area contributed by atoms with Gasteiger partial charge >= 0.3 is 17.9 Å². The number of carbonyl (C=O) groups is 3. The molecule has 0 radical (unpaired) electrons. The van der Waals surface area contributed by atoms with E-state index in [0.717, 1.165) is 11.1 Å². The van der Waals surface area contributed by atoms with E-state index >= 15 is 0 Å². The molecule has 8 heteroatoms. The van der Waals surface area contributed by atoms with E-state index in [-0.39, 0.29) is 18.9 Å². The summed E-state index contributed by atoms with van der Waals surface area (Å²) in [5.74, 6) is -1.76. The summed E-state index contributed by atoms with van der Waals surface area (Å²) >= 11 is 0. The minimum atomic E-state index is -1.15. The van der Waals surface area contributed by atoms with Gasteiger partial charge in [-0.3, -0.25) is 9.59 Å². The number of allylic oxidation sites excluding steroid dienone is 1. The van der Waals surface area contributed by atoms with Crippen molar-refractivity contribution in [2.24, 2.45) is 16.7 Å². The molecule has 0 saturated heterocycles. The van der Waals surface area contributed by atoms with E-state index < -0.39 is 52.7 Å². The van der Waals surface area contributed by atoms with Crippen LogP contribution in [-0.4, -0.2) is 58.6 Å². The molecule has 0 bridgehead atoms. The third-order valence-electron chi connectivity index (χ3n) is 8.40. The summed E-state index contributed by atoms with van der Waals surface area (Å²) in [4.78, 5) is 37.1. The van der Waals surface area contributed by atoms with E-state index in [1.807, 2.05) is 20.8 Å². The van der Waals surface area contributed by atoms with Gasteiger partial charge in [0, 0.05) is 36.7 Å². The molecule has 0 heterocycles.